The van der Waals surface area contributed by atoms with Gasteiger partial charge in [-0.3, -0.25) is 9.78 Å². The van der Waals surface area contributed by atoms with Crippen LogP contribution >= 0.6 is 0 Å². The number of carbonyl (C=O) groups excluding carboxylic acids is 1. The van der Waals surface area contributed by atoms with Crippen LogP contribution in [0, 0.1) is 0 Å². The number of benzene rings is 1. The molecule has 0 atom stereocenters. The third-order valence-corrected chi connectivity index (χ3v) is 3.36. The third kappa shape index (κ3) is 3.25. The summed E-state index contributed by atoms with van der Waals surface area (Å²) in [6.45, 7) is 0.762. The summed E-state index contributed by atoms with van der Waals surface area (Å²) in [5, 5.41) is 0. The molecule has 2 heterocycles. The summed E-state index contributed by atoms with van der Waals surface area (Å²) in [6.07, 6.45) is 6.73. The molecule has 0 fully saturated rings. The molecule has 0 aliphatic carbocycles. The summed E-state index contributed by atoms with van der Waals surface area (Å²) in [6, 6.07) is 9.40. The highest BCUT2D eigenvalue weighted by atomic mass is 16.7. The number of amides is 1. The average molecular weight is 296 g/mol. The van der Waals surface area contributed by atoms with Crippen molar-refractivity contribution in [2.45, 2.75) is 6.54 Å². The van der Waals surface area contributed by atoms with E-state index in [1.54, 1.807) is 36.5 Å². The molecule has 1 aromatic heterocycles. The van der Waals surface area contributed by atoms with Gasteiger partial charge < -0.3 is 14.4 Å². The van der Waals surface area contributed by atoms with Gasteiger partial charge in [0.2, 0.25) is 12.7 Å². The molecule has 1 aliphatic rings. The number of ether oxygens (including phenoxy) is 2. The van der Waals surface area contributed by atoms with Gasteiger partial charge in [0, 0.05) is 32.1 Å². The second-order valence-electron chi connectivity index (χ2n) is 5.00. The molecule has 1 aliphatic heterocycles. The monoisotopic (exact) mass is 296 g/mol. The third-order valence-electron chi connectivity index (χ3n) is 3.36. The van der Waals surface area contributed by atoms with E-state index in [-0.39, 0.29) is 12.7 Å². The number of hydrogen-bond donors (Lipinski definition) is 0. The van der Waals surface area contributed by atoms with Crippen LogP contribution in [0.1, 0.15) is 11.1 Å². The Kier molecular flexibility index (Phi) is 4.05. The molecule has 1 amide bonds. The van der Waals surface area contributed by atoms with Gasteiger partial charge in [-0.1, -0.05) is 6.07 Å². The van der Waals surface area contributed by atoms with Crippen molar-refractivity contribution in [3.8, 4) is 11.5 Å². The molecular formula is C17H16N2O3. The minimum atomic E-state index is -0.0607. The lowest BCUT2D eigenvalue weighted by atomic mass is 10.2. The van der Waals surface area contributed by atoms with Crippen molar-refractivity contribution in [1.29, 1.82) is 0 Å². The fraction of sp³-hybridized carbons (Fsp3) is 0.176. The summed E-state index contributed by atoms with van der Waals surface area (Å²) >= 11 is 0. The lowest BCUT2D eigenvalue weighted by Gasteiger charge is -2.15. The van der Waals surface area contributed by atoms with Crippen molar-refractivity contribution in [2.75, 3.05) is 13.8 Å². The first-order chi connectivity index (χ1) is 10.7. The standard InChI is InChI=1S/C17H16N2O3/c1-19(17(20)5-3-13-6-8-18-9-7-13)11-14-2-4-15-16(10-14)22-12-21-15/h2-10H,11-12H2,1H3/b5-3+. The van der Waals surface area contributed by atoms with Crippen molar-refractivity contribution < 1.29 is 14.3 Å². The Bertz CT molecular complexity index is 698. The highest BCUT2D eigenvalue weighted by Gasteiger charge is 2.14. The van der Waals surface area contributed by atoms with Crippen molar-refractivity contribution in [3.63, 3.8) is 0 Å². The van der Waals surface area contributed by atoms with Gasteiger partial charge >= 0.3 is 0 Å². The van der Waals surface area contributed by atoms with Crippen LogP contribution in [0.3, 0.4) is 0 Å². The molecule has 112 valence electrons. The van der Waals surface area contributed by atoms with E-state index in [0.29, 0.717) is 6.54 Å². The highest BCUT2D eigenvalue weighted by molar-refractivity contribution is 5.91. The second-order valence-corrected chi connectivity index (χ2v) is 5.00. The molecule has 5 heteroatoms. The zero-order valence-corrected chi connectivity index (χ0v) is 12.2. The van der Waals surface area contributed by atoms with Crippen molar-refractivity contribution >= 4 is 12.0 Å². The molecule has 0 radical (unpaired) electrons. The van der Waals surface area contributed by atoms with Crippen molar-refractivity contribution in [2.24, 2.45) is 0 Å². The van der Waals surface area contributed by atoms with E-state index in [9.17, 15) is 4.79 Å². The zero-order valence-electron chi connectivity index (χ0n) is 12.2. The van der Waals surface area contributed by atoms with E-state index in [1.807, 2.05) is 30.3 Å². The first kappa shape index (κ1) is 14.1. The molecule has 22 heavy (non-hydrogen) atoms. The van der Waals surface area contributed by atoms with Gasteiger partial charge in [-0.2, -0.15) is 0 Å². The minimum Gasteiger partial charge on any atom is -0.454 e. The Morgan fingerprint density at radius 2 is 2.00 bits per heavy atom. The number of fused-ring (bicyclic) bond motifs is 1. The highest BCUT2D eigenvalue weighted by Crippen LogP contribution is 2.32. The number of carbonyl (C=O) groups is 1. The molecule has 0 saturated carbocycles. The van der Waals surface area contributed by atoms with Crippen LogP contribution < -0.4 is 9.47 Å². The van der Waals surface area contributed by atoms with Crippen molar-refractivity contribution in [1.82, 2.24) is 9.88 Å². The number of pyridine rings is 1. The number of likely N-dealkylation sites (N-methyl/N-ethyl adjacent to an activating group) is 1. The molecule has 2 aromatic rings. The van der Waals surface area contributed by atoms with Crippen LogP contribution in [0.4, 0.5) is 0 Å². The maximum atomic E-state index is 12.1. The van der Waals surface area contributed by atoms with Gasteiger partial charge in [-0.15, -0.1) is 0 Å². The Hall–Kier alpha value is -2.82. The first-order valence-electron chi connectivity index (χ1n) is 6.94. The van der Waals surface area contributed by atoms with Gasteiger partial charge in [0.25, 0.3) is 0 Å². The lowest BCUT2D eigenvalue weighted by Crippen LogP contribution is -2.24. The van der Waals surface area contributed by atoms with E-state index >= 15 is 0 Å². The summed E-state index contributed by atoms with van der Waals surface area (Å²) in [4.78, 5) is 17.7. The zero-order chi connectivity index (χ0) is 15.4. The minimum absolute atomic E-state index is 0.0607. The number of rotatable bonds is 4. The van der Waals surface area contributed by atoms with E-state index in [4.69, 9.17) is 9.47 Å². The van der Waals surface area contributed by atoms with Crippen LogP contribution in [-0.2, 0) is 11.3 Å². The molecule has 0 N–H and O–H groups in total. The SMILES string of the molecule is CN(Cc1ccc2c(c1)OCO2)C(=O)/C=C/c1ccncc1. The molecule has 5 nitrogen and oxygen atoms in total. The van der Waals surface area contributed by atoms with E-state index in [0.717, 1.165) is 22.6 Å². The fourth-order valence-electron chi connectivity index (χ4n) is 2.16. The predicted molar refractivity (Wildman–Crippen MR) is 82.3 cm³/mol. The predicted octanol–water partition coefficient (Wildman–Crippen LogP) is 2.48. The molecule has 0 bridgehead atoms. The van der Waals surface area contributed by atoms with Crippen LogP contribution in [0.5, 0.6) is 11.5 Å². The maximum Gasteiger partial charge on any atom is 0.246 e. The van der Waals surface area contributed by atoms with Gasteiger partial charge in [-0.05, 0) is 41.5 Å². The van der Waals surface area contributed by atoms with Crippen LogP contribution in [0.15, 0.2) is 48.8 Å². The van der Waals surface area contributed by atoms with Gasteiger partial charge in [0.1, 0.15) is 0 Å². The number of hydrogen-bond acceptors (Lipinski definition) is 4. The van der Waals surface area contributed by atoms with Crippen LogP contribution in [-0.4, -0.2) is 29.6 Å². The molecule has 0 unspecified atom stereocenters. The Morgan fingerprint density at radius 1 is 1.23 bits per heavy atom. The van der Waals surface area contributed by atoms with E-state index in [2.05, 4.69) is 4.98 Å². The van der Waals surface area contributed by atoms with Crippen LogP contribution in [0.2, 0.25) is 0 Å². The Morgan fingerprint density at radius 3 is 2.82 bits per heavy atom. The lowest BCUT2D eigenvalue weighted by molar-refractivity contribution is -0.125. The van der Waals surface area contributed by atoms with Crippen LogP contribution in [0.25, 0.3) is 6.08 Å². The van der Waals surface area contributed by atoms with E-state index in [1.165, 1.54) is 0 Å². The molecule has 1 aromatic carbocycles. The molecular weight excluding hydrogens is 280 g/mol. The topological polar surface area (TPSA) is 51.7 Å². The number of nitrogens with zero attached hydrogens (tertiary/aromatic N) is 2. The van der Waals surface area contributed by atoms with Gasteiger partial charge in [-0.25, -0.2) is 0 Å². The summed E-state index contributed by atoms with van der Waals surface area (Å²) in [7, 11) is 1.77. The van der Waals surface area contributed by atoms with Gasteiger partial charge in [0.15, 0.2) is 11.5 Å². The smallest absolute Gasteiger partial charge is 0.246 e. The normalized spacial score (nSPS) is 12.6. The average Bonchev–Trinajstić information content (AvgIpc) is 3.01. The molecule has 0 saturated heterocycles. The van der Waals surface area contributed by atoms with Crippen molar-refractivity contribution in [3.05, 3.63) is 59.9 Å². The van der Waals surface area contributed by atoms with E-state index < -0.39 is 0 Å². The Labute approximate surface area is 128 Å². The summed E-state index contributed by atoms with van der Waals surface area (Å²) < 4.78 is 10.6. The quantitative estimate of drug-likeness (QED) is 0.813. The van der Waals surface area contributed by atoms with Gasteiger partial charge in [0.05, 0.1) is 0 Å². The fourth-order valence-corrected chi connectivity index (χ4v) is 2.16. The second kappa shape index (κ2) is 6.30. The maximum absolute atomic E-state index is 12.1. The molecule has 3 rings (SSSR count). The molecule has 0 spiro atoms. The Balaban J connectivity index is 1.63. The largest absolute Gasteiger partial charge is 0.454 e. The summed E-state index contributed by atoms with van der Waals surface area (Å²) in [5.74, 6) is 1.41. The number of aromatic nitrogens is 1. The summed E-state index contributed by atoms with van der Waals surface area (Å²) in [5.41, 5.74) is 1.94. The first-order valence-corrected chi connectivity index (χ1v) is 6.94.